The van der Waals surface area contributed by atoms with Gasteiger partial charge in [0.25, 0.3) is 0 Å². The summed E-state index contributed by atoms with van der Waals surface area (Å²) in [6, 6.07) is 8.49. The largest absolute Gasteiger partial charge is 0.497 e. The number of carbonyl (C=O) groups is 2. The number of fused-ring (bicyclic) bond motifs is 1. The molecule has 31 heavy (non-hydrogen) atoms. The van der Waals surface area contributed by atoms with Crippen LogP contribution in [0.4, 0.5) is 0 Å². The van der Waals surface area contributed by atoms with Crippen LogP contribution in [0.3, 0.4) is 0 Å². The van der Waals surface area contributed by atoms with Gasteiger partial charge in [-0.3, -0.25) is 14.5 Å². The molecule has 0 N–H and O–H groups in total. The summed E-state index contributed by atoms with van der Waals surface area (Å²) < 4.78 is 10.7. The number of hydrogen-bond donors (Lipinski definition) is 0. The molecule has 1 aromatic rings. The Kier molecular flexibility index (Phi) is 5.89. The number of carbonyl (C=O) groups excluding carboxylic acids is 2. The number of methoxy groups -OCH3 is 1. The van der Waals surface area contributed by atoms with Gasteiger partial charge in [0.2, 0.25) is 11.8 Å². The van der Waals surface area contributed by atoms with Gasteiger partial charge in [0, 0.05) is 56.5 Å². The predicted molar refractivity (Wildman–Crippen MR) is 116 cm³/mol. The number of benzene rings is 1. The van der Waals surface area contributed by atoms with Crippen LogP contribution < -0.4 is 4.74 Å². The summed E-state index contributed by atoms with van der Waals surface area (Å²) >= 11 is 0. The lowest BCUT2D eigenvalue weighted by atomic mass is 9.81. The van der Waals surface area contributed by atoms with Crippen LogP contribution in [-0.2, 0) is 14.3 Å². The predicted octanol–water partition coefficient (Wildman–Crippen LogP) is 1.58. The first-order valence-corrected chi connectivity index (χ1v) is 11.7. The lowest BCUT2D eigenvalue weighted by Crippen LogP contribution is -2.52. The van der Waals surface area contributed by atoms with E-state index < -0.39 is 0 Å². The van der Waals surface area contributed by atoms with Gasteiger partial charge in [-0.1, -0.05) is 12.1 Å². The van der Waals surface area contributed by atoms with E-state index in [9.17, 15) is 9.59 Å². The topological polar surface area (TPSA) is 62.3 Å². The van der Waals surface area contributed by atoms with E-state index in [1.54, 1.807) is 7.11 Å². The van der Waals surface area contributed by atoms with E-state index >= 15 is 0 Å². The molecule has 1 aliphatic carbocycles. The van der Waals surface area contributed by atoms with Gasteiger partial charge in [-0.25, -0.2) is 0 Å². The third kappa shape index (κ3) is 4.30. The fraction of sp³-hybridized carbons (Fsp3) is 0.667. The maximum Gasteiger partial charge on any atom is 0.236 e. The average Bonchev–Trinajstić information content (AvgIpc) is 3.60. The Morgan fingerprint density at radius 3 is 2.45 bits per heavy atom. The monoisotopic (exact) mass is 427 g/mol. The highest BCUT2D eigenvalue weighted by Gasteiger charge is 2.49. The third-order valence-electron chi connectivity index (χ3n) is 7.50. The van der Waals surface area contributed by atoms with Crippen molar-refractivity contribution < 1.29 is 19.1 Å². The minimum absolute atomic E-state index is 0.209. The second-order valence-electron chi connectivity index (χ2n) is 9.39. The van der Waals surface area contributed by atoms with Crippen molar-refractivity contribution in [3.05, 3.63) is 29.8 Å². The Bertz CT molecular complexity index is 804. The molecule has 0 aromatic heterocycles. The zero-order valence-corrected chi connectivity index (χ0v) is 18.4. The Morgan fingerprint density at radius 1 is 1.03 bits per heavy atom. The summed E-state index contributed by atoms with van der Waals surface area (Å²) in [6.45, 7) is 5.77. The quantitative estimate of drug-likeness (QED) is 0.714. The van der Waals surface area contributed by atoms with Crippen LogP contribution in [-0.4, -0.2) is 92.1 Å². The van der Waals surface area contributed by atoms with Crippen LogP contribution in [0, 0.1) is 11.8 Å². The first kappa shape index (κ1) is 20.8. The van der Waals surface area contributed by atoms with Crippen molar-refractivity contribution in [3.63, 3.8) is 0 Å². The third-order valence-corrected chi connectivity index (χ3v) is 7.50. The number of amides is 2. The van der Waals surface area contributed by atoms with Crippen molar-refractivity contribution in [1.29, 1.82) is 0 Å². The molecule has 168 valence electrons. The van der Waals surface area contributed by atoms with Crippen molar-refractivity contribution in [2.24, 2.45) is 11.8 Å². The van der Waals surface area contributed by atoms with Gasteiger partial charge >= 0.3 is 0 Å². The van der Waals surface area contributed by atoms with Crippen molar-refractivity contribution in [3.8, 4) is 5.75 Å². The molecule has 4 aliphatic rings. The molecule has 0 spiro atoms. The van der Waals surface area contributed by atoms with Gasteiger partial charge in [0.15, 0.2) is 0 Å². The number of rotatable bonds is 5. The summed E-state index contributed by atoms with van der Waals surface area (Å²) in [5.41, 5.74) is 1.24. The summed E-state index contributed by atoms with van der Waals surface area (Å²) in [4.78, 5) is 32.5. The molecule has 1 aromatic carbocycles. The van der Waals surface area contributed by atoms with Crippen LogP contribution in [0.2, 0.25) is 0 Å². The number of nitrogens with zero attached hydrogens (tertiary/aromatic N) is 3. The average molecular weight is 428 g/mol. The van der Waals surface area contributed by atoms with E-state index in [4.69, 9.17) is 9.47 Å². The highest BCUT2D eigenvalue weighted by molar-refractivity contribution is 5.82. The Hall–Kier alpha value is -2.12. The van der Waals surface area contributed by atoms with Crippen LogP contribution in [0.15, 0.2) is 24.3 Å². The van der Waals surface area contributed by atoms with Crippen molar-refractivity contribution >= 4 is 11.8 Å². The molecule has 3 saturated heterocycles. The van der Waals surface area contributed by atoms with Crippen LogP contribution in [0.5, 0.6) is 5.75 Å². The zero-order valence-electron chi connectivity index (χ0n) is 18.4. The van der Waals surface area contributed by atoms with E-state index in [0.29, 0.717) is 31.6 Å². The molecule has 3 atom stereocenters. The second kappa shape index (κ2) is 8.79. The van der Waals surface area contributed by atoms with E-state index in [1.165, 1.54) is 5.56 Å². The van der Waals surface area contributed by atoms with Gasteiger partial charge in [-0.05, 0) is 37.0 Å². The standard InChI is InChI=1S/C24H33N3O4/c1-30-19-6-4-17(5-7-19)20-15-27(24(29)18-2-3-18)22-8-9-26(14-21(20)22)23(28)16-25-10-12-31-13-11-25/h4-7,18,20-22H,2-3,8-16H2,1H3/t20-,21-,22-/m0/s1. The second-order valence-corrected chi connectivity index (χ2v) is 9.39. The van der Waals surface area contributed by atoms with Gasteiger partial charge in [-0.2, -0.15) is 0 Å². The maximum absolute atomic E-state index is 13.1. The van der Waals surface area contributed by atoms with Crippen LogP contribution in [0.1, 0.15) is 30.7 Å². The number of morpholine rings is 1. The van der Waals surface area contributed by atoms with Gasteiger partial charge in [-0.15, -0.1) is 0 Å². The first-order valence-electron chi connectivity index (χ1n) is 11.7. The minimum atomic E-state index is 0.209. The van der Waals surface area contributed by atoms with Crippen LogP contribution in [0.25, 0.3) is 0 Å². The van der Waals surface area contributed by atoms with E-state index in [2.05, 4.69) is 21.9 Å². The van der Waals surface area contributed by atoms with Gasteiger partial charge < -0.3 is 19.3 Å². The van der Waals surface area contributed by atoms with E-state index in [1.807, 2.05) is 17.0 Å². The molecule has 3 aliphatic heterocycles. The van der Waals surface area contributed by atoms with E-state index in [0.717, 1.165) is 57.7 Å². The molecular formula is C24H33N3O4. The van der Waals surface area contributed by atoms with Crippen LogP contribution >= 0.6 is 0 Å². The van der Waals surface area contributed by atoms with Gasteiger partial charge in [0.1, 0.15) is 5.75 Å². The number of ether oxygens (including phenoxy) is 2. The fourth-order valence-electron chi connectivity index (χ4n) is 5.53. The molecule has 3 heterocycles. The molecule has 7 heteroatoms. The van der Waals surface area contributed by atoms with Crippen molar-refractivity contribution in [2.45, 2.75) is 31.2 Å². The molecular weight excluding hydrogens is 394 g/mol. The Balaban J connectivity index is 1.32. The maximum atomic E-state index is 13.1. The van der Waals surface area contributed by atoms with Crippen molar-refractivity contribution in [1.82, 2.24) is 14.7 Å². The molecule has 0 radical (unpaired) electrons. The Morgan fingerprint density at radius 2 is 1.77 bits per heavy atom. The van der Waals surface area contributed by atoms with Gasteiger partial charge in [0.05, 0.1) is 26.9 Å². The lowest BCUT2D eigenvalue weighted by Gasteiger charge is -2.40. The highest BCUT2D eigenvalue weighted by Crippen LogP contribution is 2.44. The fourth-order valence-corrected chi connectivity index (χ4v) is 5.53. The number of piperidine rings is 1. The number of hydrogen-bond acceptors (Lipinski definition) is 5. The Labute approximate surface area is 184 Å². The summed E-state index contributed by atoms with van der Waals surface area (Å²) in [6.07, 6.45) is 2.94. The summed E-state index contributed by atoms with van der Waals surface area (Å²) in [5.74, 6) is 2.17. The molecule has 5 rings (SSSR count). The molecule has 0 bridgehead atoms. The van der Waals surface area contributed by atoms with Crippen molar-refractivity contribution in [2.75, 3.05) is 59.6 Å². The van der Waals surface area contributed by atoms with E-state index in [-0.39, 0.29) is 23.8 Å². The zero-order chi connectivity index (χ0) is 21.4. The first-order chi connectivity index (χ1) is 15.1. The SMILES string of the molecule is COc1ccc([C@@H]2CN(C(=O)C3CC3)[C@H]3CCN(C(=O)CN4CCOCC4)C[C@@H]23)cc1. The molecule has 7 nitrogen and oxygen atoms in total. The summed E-state index contributed by atoms with van der Waals surface area (Å²) in [5, 5.41) is 0. The smallest absolute Gasteiger partial charge is 0.236 e. The molecule has 2 amide bonds. The number of likely N-dealkylation sites (tertiary alicyclic amines) is 2. The normalized spacial score (nSPS) is 29.0. The molecule has 0 unspecified atom stereocenters. The summed E-state index contributed by atoms with van der Waals surface area (Å²) in [7, 11) is 1.68. The molecule has 4 fully saturated rings. The lowest BCUT2D eigenvalue weighted by molar-refractivity contribution is -0.137. The highest BCUT2D eigenvalue weighted by atomic mass is 16.5. The minimum Gasteiger partial charge on any atom is -0.497 e. The molecule has 1 saturated carbocycles.